The highest BCUT2D eigenvalue weighted by atomic mass is 35.5. The van der Waals surface area contributed by atoms with E-state index in [9.17, 15) is 5.11 Å². The van der Waals surface area contributed by atoms with Gasteiger partial charge in [0.25, 0.3) is 0 Å². The molecule has 4 rings (SSSR count). The number of benzene rings is 2. The Labute approximate surface area is 175 Å². The minimum Gasteiger partial charge on any atom is -0.492 e. The van der Waals surface area contributed by atoms with Crippen LogP contribution in [0, 0.1) is 5.92 Å². The second-order valence-corrected chi connectivity index (χ2v) is 8.40. The van der Waals surface area contributed by atoms with Gasteiger partial charge >= 0.3 is 0 Å². The highest BCUT2D eigenvalue weighted by Gasteiger charge is 2.13. The number of anilines is 2. The van der Waals surface area contributed by atoms with Crippen LogP contribution >= 0.6 is 34.5 Å². The Morgan fingerprint density at radius 2 is 1.86 bits per heavy atom. The second kappa shape index (κ2) is 7.54. The normalized spacial score (nSPS) is 13.5. The molecule has 0 fully saturated rings. The van der Waals surface area contributed by atoms with Crippen LogP contribution in [-0.4, -0.2) is 15.9 Å². The maximum Gasteiger partial charge on any atom is 0.231 e. The first-order valence-electron chi connectivity index (χ1n) is 8.60. The Kier molecular flexibility index (Phi) is 5.10. The van der Waals surface area contributed by atoms with E-state index in [4.69, 9.17) is 23.2 Å². The van der Waals surface area contributed by atoms with Crippen LogP contribution in [0.5, 0.6) is 5.88 Å². The summed E-state index contributed by atoms with van der Waals surface area (Å²) in [6, 6.07) is 11.1. The van der Waals surface area contributed by atoms with E-state index in [1.54, 1.807) is 18.2 Å². The van der Waals surface area contributed by atoms with Crippen LogP contribution in [0.4, 0.5) is 16.5 Å². The summed E-state index contributed by atoms with van der Waals surface area (Å²) in [7, 11) is 0. The number of aromatic hydroxyl groups is 1. The van der Waals surface area contributed by atoms with Crippen molar-refractivity contribution in [3.8, 4) is 5.88 Å². The van der Waals surface area contributed by atoms with E-state index in [1.807, 2.05) is 24.3 Å². The Hall–Kier alpha value is -2.41. The molecular weight excluding hydrogens is 415 g/mol. The van der Waals surface area contributed by atoms with Crippen LogP contribution in [0.2, 0.25) is 10.0 Å². The van der Waals surface area contributed by atoms with Gasteiger partial charge in [0.05, 0.1) is 31.7 Å². The first kappa shape index (κ1) is 18.9. The molecule has 0 saturated carbocycles. The summed E-state index contributed by atoms with van der Waals surface area (Å²) in [4.78, 5) is 13.9. The molecule has 0 unspecified atom stereocenters. The zero-order valence-corrected chi connectivity index (χ0v) is 17.4. The number of nitrogens with one attached hydrogen (secondary N) is 1. The molecule has 0 saturated heterocycles. The topological polar surface area (TPSA) is 69.9 Å². The van der Waals surface area contributed by atoms with Gasteiger partial charge in [-0.05, 0) is 35.6 Å². The Balaban J connectivity index is 1.66. The lowest BCUT2D eigenvalue weighted by atomic mass is 10.2. The van der Waals surface area contributed by atoms with Gasteiger partial charge in [-0.3, -0.25) is 0 Å². The maximum absolute atomic E-state index is 10.2. The quantitative estimate of drug-likeness (QED) is 0.608. The highest BCUT2D eigenvalue weighted by molar-refractivity contribution is 7.16. The van der Waals surface area contributed by atoms with Crippen molar-refractivity contribution in [2.24, 2.45) is 15.9 Å². The number of nitrogens with zero attached hydrogens (tertiary/aromatic N) is 3. The molecule has 2 aromatic carbocycles. The monoisotopic (exact) mass is 430 g/mol. The first-order chi connectivity index (χ1) is 13.4. The fraction of sp³-hybridized carbons (Fsp3) is 0.150. The van der Waals surface area contributed by atoms with Gasteiger partial charge in [0.15, 0.2) is 5.13 Å². The number of rotatable bonds is 4. The van der Waals surface area contributed by atoms with Gasteiger partial charge in [-0.15, -0.1) is 0 Å². The van der Waals surface area contributed by atoms with Crippen molar-refractivity contribution in [3.63, 3.8) is 0 Å². The van der Waals surface area contributed by atoms with Gasteiger partial charge in [-0.2, -0.15) is 4.98 Å². The van der Waals surface area contributed by atoms with E-state index in [-0.39, 0.29) is 11.8 Å². The summed E-state index contributed by atoms with van der Waals surface area (Å²) in [5.41, 5.74) is 1.39. The predicted molar refractivity (Wildman–Crippen MR) is 116 cm³/mol. The Morgan fingerprint density at radius 1 is 1.11 bits per heavy atom. The van der Waals surface area contributed by atoms with E-state index in [2.05, 4.69) is 34.1 Å². The molecular formula is C20H16Cl2N4OS. The molecule has 0 spiro atoms. The smallest absolute Gasteiger partial charge is 0.231 e. The molecule has 0 radical (unpaired) electrons. The fourth-order valence-corrected chi connectivity index (χ4v) is 4.01. The Bertz CT molecular complexity index is 1200. The molecule has 1 aromatic heterocycles. The molecule has 28 heavy (non-hydrogen) atoms. The molecule has 1 aliphatic rings. The molecule has 2 N–H and O–H groups in total. The molecule has 8 heteroatoms. The summed E-state index contributed by atoms with van der Waals surface area (Å²) in [6.07, 6.45) is 1.86. The predicted octanol–water partition coefficient (Wildman–Crippen LogP) is 5.05. The third-order valence-corrected chi connectivity index (χ3v) is 5.65. The average Bonchev–Trinajstić information content (AvgIpc) is 3.22. The molecule has 0 atom stereocenters. The summed E-state index contributed by atoms with van der Waals surface area (Å²) < 4.78 is 0. The van der Waals surface area contributed by atoms with Crippen LogP contribution in [-0.2, 0) is 0 Å². The van der Waals surface area contributed by atoms with Crippen molar-refractivity contribution in [1.29, 1.82) is 0 Å². The lowest BCUT2D eigenvalue weighted by Crippen LogP contribution is -2.07. The van der Waals surface area contributed by atoms with Gasteiger partial charge in [0, 0.05) is 5.92 Å². The van der Waals surface area contributed by atoms with E-state index < -0.39 is 0 Å². The molecule has 3 aromatic rings. The van der Waals surface area contributed by atoms with Crippen molar-refractivity contribution in [2.45, 2.75) is 13.8 Å². The van der Waals surface area contributed by atoms with Crippen LogP contribution in [0.1, 0.15) is 18.7 Å². The van der Waals surface area contributed by atoms with Gasteiger partial charge in [-0.1, -0.05) is 60.5 Å². The molecule has 1 aliphatic heterocycles. The molecule has 0 aliphatic carbocycles. The fourth-order valence-electron chi connectivity index (χ4n) is 2.69. The minimum absolute atomic E-state index is 0.0627. The van der Waals surface area contributed by atoms with Crippen molar-refractivity contribution in [2.75, 3.05) is 5.32 Å². The maximum atomic E-state index is 10.2. The second-order valence-electron chi connectivity index (χ2n) is 6.56. The number of halogens is 2. The summed E-state index contributed by atoms with van der Waals surface area (Å²) in [5.74, 6) is 1.04. The molecule has 5 nitrogen and oxygen atoms in total. The number of aliphatic imine (C=N–C) groups is 1. The summed E-state index contributed by atoms with van der Waals surface area (Å²) in [6.45, 7) is 4.13. The molecule has 2 heterocycles. The van der Waals surface area contributed by atoms with E-state index in [0.717, 1.165) is 22.1 Å². The standard InChI is InChI=1S/C20H16Cl2N4OS/c1-10(2)18-23-14-7-6-11(8-15(14)24-18)9-16-19(27)26-20(28-16)25-17-12(21)4-3-5-13(17)22/h3-10,27H,1-2H3,(H,25,26)/b11-9+. The number of thiazole rings is 1. The first-order valence-corrected chi connectivity index (χ1v) is 10.2. The average molecular weight is 431 g/mol. The lowest BCUT2D eigenvalue weighted by Gasteiger charge is -2.06. The van der Waals surface area contributed by atoms with Crippen LogP contribution in [0.25, 0.3) is 6.08 Å². The van der Waals surface area contributed by atoms with E-state index >= 15 is 0 Å². The third kappa shape index (κ3) is 3.76. The highest BCUT2D eigenvalue weighted by Crippen LogP contribution is 2.36. The van der Waals surface area contributed by atoms with E-state index in [0.29, 0.717) is 25.7 Å². The molecule has 142 valence electrons. The zero-order valence-electron chi connectivity index (χ0n) is 15.1. The number of hydrogen-bond acceptors (Lipinski definition) is 6. The SMILES string of the molecule is CC(C)C1=Nc2c/c(=C/c3sc(Nc4c(Cl)cccc4Cl)nc3O)ccc2=N1. The van der Waals surface area contributed by atoms with Gasteiger partial charge in [0.2, 0.25) is 5.88 Å². The van der Waals surface area contributed by atoms with Gasteiger partial charge in [-0.25, -0.2) is 9.98 Å². The van der Waals surface area contributed by atoms with Crippen molar-refractivity contribution in [1.82, 2.24) is 4.98 Å². The lowest BCUT2D eigenvalue weighted by molar-refractivity contribution is 0.457. The summed E-state index contributed by atoms with van der Waals surface area (Å²) >= 11 is 13.7. The van der Waals surface area contributed by atoms with Crippen molar-refractivity contribution in [3.05, 3.63) is 61.9 Å². The zero-order chi connectivity index (χ0) is 19.8. The number of para-hydroxylation sites is 1. The largest absolute Gasteiger partial charge is 0.492 e. The number of aromatic nitrogens is 1. The Morgan fingerprint density at radius 3 is 2.57 bits per heavy atom. The van der Waals surface area contributed by atoms with Crippen LogP contribution in [0.15, 0.2) is 46.4 Å². The number of hydrogen-bond donors (Lipinski definition) is 2. The number of amidine groups is 1. The van der Waals surface area contributed by atoms with Crippen molar-refractivity contribution < 1.29 is 5.11 Å². The minimum atomic E-state index is -0.0627. The number of fused-ring (bicyclic) bond motifs is 1. The molecule has 0 amide bonds. The summed E-state index contributed by atoms with van der Waals surface area (Å²) in [5, 5.41) is 16.5. The van der Waals surface area contributed by atoms with E-state index in [1.165, 1.54) is 11.3 Å². The van der Waals surface area contributed by atoms with Gasteiger partial charge < -0.3 is 10.4 Å². The third-order valence-electron chi connectivity index (χ3n) is 4.11. The van der Waals surface area contributed by atoms with Crippen molar-refractivity contribution >= 4 is 63.0 Å². The van der Waals surface area contributed by atoms with Crippen LogP contribution in [0.3, 0.4) is 0 Å². The van der Waals surface area contributed by atoms with Gasteiger partial charge in [0.1, 0.15) is 5.84 Å². The van der Waals surface area contributed by atoms with Crippen LogP contribution < -0.4 is 15.9 Å². The molecule has 0 bridgehead atoms.